The smallest absolute Gasteiger partial charge is 0.135 e. The van der Waals surface area contributed by atoms with Gasteiger partial charge in [-0.1, -0.05) is 128 Å². The Morgan fingerprint density at radius 2 is 1.15 bits per heavy atom. The van der Waals surface area contributed by atoms with Gasteiger partial charge in [0, 0.05) is 45.3 Å². The zero-order valence-electron chi connectivity index (χ0n) is 32.8. The van der Waals surface area contributed by atoms with E-state index in [1.165, 1.54) is 17.0 Å². The molecule has 0 N–H and O–H groups in total. The van der Waals surface area contributed by atoms with E-state index in [1.807, 2.05) is 54.6 Å². The fraction of sp³-hybridized carbons (Fsp3) is 0.271. The Kier molecular flexibility index (Phi) is 12.8. The van der Waals surface area contributed by atoms with Crippen LogP contribution in [0.3, 0.4) is 0 Å². The average molecular weight is 774 g/mol. The maximum atomic E-state index is 7.53. The number of methoxy groups -OCH3 is 2. The summed E-state index contributed by atoms with van der Waals surface area (Å²) in [5.41, 5.74) is 8.69. The van der Waals surface area contributed by atoms with Crippen LogP contribution in [-0.4, -0.2) is 30.6 Å². The van der Waals surface area contributed by atoms with Crippen molar-refractivity contribution < 1.29 is 14.2 Å². The number of rotatable bonds is 15. The van der Waals surface area contributed by atoms with Crippen molar-refractivity contribution in [3.8, 4) is 39.5 Å². The molecule has 5 aromatic carbocycles. The van der Waals surface area contributed by atoms with E-state index in [2.05, 4.69) is 112 Å². The number of para-hydroxylation sites is 4. The summed E-state index contributed by atoms with van der Waals surface area (Å²) < 4.78 is 21.7. The van der Waals surface area contributed by atoms with Crippen LogP contribution in [0, 0.1) is 19.8 Å². The summed E-state index contributed by atoms with van der Waals surface area (Å²) in [6.07, 6.45) is 1.18. The van der Waals surface area contributed by atoms with Gasteiger partial charge in [-0.2, -0.15) is 0 Å². The Labute approximate surface area is 336 Å². The molecule has 5 nitrogen and oxygen atoms in total. The van der Waals surface area contributed by atoms with Gasteiger partial charge < -0.3 is 18.8 Å². The lowest BCUT2D eigenvalue weighted by Gasteiger charge is -2.33. The number of benzene rings is 5. The van der Waals surface area contributed by atoms with Gasteiger partial charge in [-0.15, -0.1) is 0 Å². The van der Waals surface area contributed by atoms with Gasteiger partial charge in [-0.05, 0) is 81.0 Å². The number of aryl methyl sites for hydroxylation is 2. The molecular weight excluding hydrogens is 723 g/mol. The third-order valence-corrected chi connectivity index (χ3v) is 11.2. The maximum absolute atomic E-state index is 7.53. The molecule has 6 rings (SSSR count). The van der Waals surface area contributed by atoms with Crippen molar-refractivity contribution in [1.82, 2.24) is 4.57 Å². The number of aromatic nitrogens is 1. The van der Waals surface area contributed by atoms with Crippen molar-refractivity contribution in [1.29, 1.82) is 0 Å². The first kappa shape index (κ1) is 39.7. The van der Waals surface area contributed by atoms with Gasteiger partial charge in [0.25, 0.3) is 0 Å². The normalized spacial score (nSPS) is 13.0. The van der Waals surface area contributed by atoms with Crippen LogP contribution < -0.4 is 14.2 Å². The summed E-state index contributed by atoms with van der Waals surface area (Å²) in [5.74, 6) is 2.27. The molecule has 0 fully saturated rings. The lowest BCUT2D eigenvalue weighted by Crippen LogP contribution is -2.33. The molecular formula is C48H50Cl2N2O3. The number of halogens is 2. The Hall–Kier alpha value is -4.97. The van der Waals surface area contributed by atoms with Crippen LogP contribution >= 0.6 is 23.2 Å². The minimum absolute atomic E-state index is 0.0168. The molecule has 0 spiro atoms. The highest BCUT2D eigenvalue weighted by Gasteiger charge is 2.31. The van der Waals surface area contributed by atoms with Crippen LogP contribution in [0.25, 0.3) is 22.3 Å². The van der Waals surface area contributed by atoms with Crippen molar-refractivity contribution in [2.45, 2.75) is 65.5 Å². The highest BCUT2D eigenvalue weighted by atomic mass is 35.5. The first-order chi connectivity index (χ1) is 26.5. The SMILES string of the molecule is COc1ccccc1-c1cccc(-c2ccccc2OC)c1OC(CC(CC(C)(C)c1ccccc1)/C(C)=N/c1c(Cl)cccc1Cl)Cn1c(C)ccc1C. The van der Waals surface area contributed by atoms with Crippen molar-refractivity contribution >= 4 is 34.6 Å². The van der Waals surface area contributed by atoms with Crippen molar-refractivity contribution in [3.63, 3.8) is 0 Å². The first-order valence-corrected chi connectivity index (χ1v) is 19.5. The van der Waals surface area contributed by atoms with E-state index in [9.17, 15) is 0 Å². The molecule has 2 atom stereocenters. The molecule has 2 unspecified atom stereocenters. The van der Waals surface area contributed by atoms with Crippen molar-refractivity contribution in [2.24, 2.45) is 10.9 Å². The Morgan fingerprint density at radius 1 is 0.655 bits per heavy atom. The quantitative estimate of drug-likeness (QED) is 0.0976. The summed E-state index contributed by atoms with van der Waals surface area (Å²) >= 11 is 13.4. The molecule has 1 heterocycles. The topological polar surface area (TPSA) is 45.0 Å². The monoisotopic (exact) mass is 772 g/mol. The molecule has 0 radical (unpaired) electrons. The van der Waals surface area contributed by atoms with Gasteiger partial charge in [-0.3, -0.25) is 4.99 Å². The van der Waals surface area contributed by atoms with Gasteiger partial charge in [0.15, 0.2) is 0 Å². The molecule has 7 heteroatoms. The fourth-order valence-electron chi connectivity index (χ4n) is 7.55. The lowest BCUT2D eigenvalue weighted by molar-refractivity contribution is 0.153. The van der Waals surface area contributed by atoms with E-state index in [0.717, 1.165) is 51.6 Å². The molecule has 6 aromatic rings. The summed E-state index contributed by atoms with van der Waals surface area (Å²) in [6.45, 7) is 11.6. The Morgan fingerprint density at radius 3 is 1.69 bits per heavy atom. The predicted molar refractivity (Wildman–Crippen MR) is 230 cm³/mol. The van der Waals surface area contributed by atoms with Gasteiger partial charge >= 0.3 is 0 Å². The molecule has 284 valence electrons. The van der Waals surface area contributed by atoms with Gasteiger partial charge in [0.1, 0.15) is 29.0 Å². The van der Waals surface area contributed by atoms with Gasteiger partial charge in [0.05, 0.1) is 30.8 Å². The predicted octanol–water partition coefficient (Wildman–Crippen LogP) is 13.4. The average Bonchev–Trinajstić information content (AvgIpc) is 3.51. The van der Waals surface area contributed by atoms with Crippen LogP contribution in [0.5, 0.6) is 17.2 Å². The highest BCUT2D eigenvalue weighted by molar-refractivity contribution is 6.38. The van der Waals surface area contributed by atoms with Crippen LogP contribution in [0.15, 0.2) is 132 Å². The number of nitrogens with zero attached hydrogens (tertiary/aromatic N) is 2. The zero-order chi connectivity index (χ0) is 39.1. The molecule has 0 aliphatic carbocycles. The third-order valence-electron chi connectivity index (χ3n) is 10.6. The molecule has 0 amide bonds. The molecule has 0 aliphatic rings. The maximum Gasteiger partial charge on any atom is 0.135 e. The zero-order valence-corrected chi connectivity index (χ0v) is 34.3. The molecule has 0 bridgehead atoms. The van der Waals surface area contributed by atoms with Crippen LogP contribution in [0.4, 0.5) is 5.69 Å². The standard InChI is InChI=1S/C48H50Cl2N2O3/c1-32-27-28-33(2)52(32)31-37(29-35(30-48(4,5)36-17-9-8-10-18-36)34(3)51-46-42(49)23-16-24-43(46)50)55-47-40(38-19-11-13-25-44(38)53-6)21-15-22-41(47)39-20-12-14-26-45(39)54-7/h8-28,35,37H,29-31H2,1-7H3/b51-34+. The summed E-state index contributed by atoms with van der Waals surface area (Å²) in [4.78, 5) is 5.16. The Balaban J connectivity index is 1.53. The second-order valence-electron chi connectivity index (χ2n) is 14.8. The molecule has 1 aromatic heterocycles. The van der Waals surface area contributed by atoms with Gasteiger partial charge in [0.2, 0.25) is 0 Å². The summed E-state index contributed by atoms with van der Waals surface area (Å²) in [5, 5.41) is 1.04. The molecule has 0 saturated carbocycles. The van der Waals surface area contributed by atoms with E-state index in [4.69, 9.17) is 42.4 Å². The summed E-state index contributed by atoms with van der Waals surface area (Å²) in [6, 6.07) is 43.0. The highest BCUT2D eigenvalue weighted by Crippen LogP contribution is 2.46. The second kappa shape index (κ2) is 17.7. The minimum Gasteiger partial charge on any atom is -0.496 e. The van der Waals surface area contributed by atoms with E-state index in [-0.39, 0.29) is 17.4 Å². The largest absolute Gasteiger partial charge is 0.496 e. The van der Waals surface area contributed by atoms with Crippen molar-refractivity contribution in [2.75, 3.05) is 14.2 Å². The van der Waals surface area contributed by atoms with Crippen molar-refractivity contribution in [3.05, 3.63) is 154 Å². The second-order valence-corrected chi connectivity index (χ2v) is 15.6. The number of aliphatic imine (C=N–C) groups is 1. The van der Waals surface area contributed by atoms with Crippen LogP contribution in [0.2, 0.25) is 10.0 Å². The first-order valence-electron chi connectivity index (χ1n) is 18.7. The molecule has 55 heavy (non-hydrogen) atoms. The van der Waals surface area contributed by atoms with Crippen LogP contribution in [-0.2, 0) is 12.0 Å². The lowest BCUT2D eigenvalue weighted by atomic mass is 9.74. The number of hydrogen-bond donors (Lipinski definition) is 0. The van der Waals surface area contributed by atoms with E-state index >= 15 is 0 Å². The molecule has 0 aliphatic heterocycles. The number of hydrogen-bond acceptors (Lipinski definition) is 4. The third kappa shape index (κ3) is 9.12. The minimum atomic E-state index is -0.294. The number of ether oxygens (including phenoxy) is 3. The van der Waals surface area contributed by atoms with E-state index < -0.39 is 0 Å². The fourth-order valence-corrected chi connectivity index (χ4v) is 8.03. The van der Waals surface area contributed by atoms with E-state index in [0.29, 0.717) is 28.7 Å². The van der Waals surface area contributed by atoms with Gasteiger partial charge in [-0.25, -0.2) is 0 Å². The summed E-state index contributed by atoms with van der Waals surface area (Å²) in [7, 11) is 3.41. The van der Waals surface area contributed by atoms with Crippen LogP contribution in [0.1, 0.15) is 50.6 Å². The molecule has 0 saturated heterocycles. The van der Waals surface area contributed by atoms with E-state index in [1.54, 1.807) is 14.2 Å². The Bertz CT molecular complexity index is 2150.